The first-order valence-electron chi connectivity index (χ1n) is 11.1. The highest BCUT2D eigenvalue weighted by Crippen LogP contribution is 2.33. The van der Waals surface area contributed by atoms with Crippen LogP contribution in [0.1, 0.15) is 29.8 Å². The van der Waals surface area contributed by atoms with E-state index in [1.807, 2.05) is 6.07 Å². The molecule has 1 amide bonds. The fourth-order valence-corrected chi connectivity index (χ4v) is 4.43. The summed E-state index contributed by atoms with van der Waals surface area (Å²) in [6.07, 6.45) is 3.61. The average molecular weight is 491 g/mol. The number of furan rings is 1. The second kappa shape index (κ2) is 10.5. The van der Waals surface area contributed by atoms with E-state index < -0.39 is 0 Å². The summed E-state index contributed by atoms with van der Waals surface area (Å²) in [7, 11) is 2.13. The van der Waals surface area contributed by atoms with E-state index in [0.717, 1.165) is 69.5 Å². The van der Waals surface area contributed by atoms with Crippen LogP contribution in [0.2, 0.25) is 0 Å². The monoisotopic (exact) mass is 490 g/mol. The van der Waals surface area contributed by atoms with E-state index in [9.17, 15) is 4.79 Å². The van der Waals surface area contributed by atoms with Crippen LogP contribution in [0.5, 0.6) is 0 Å². The Morgan fingerprint density at radius 3 is 2.58 bits per heavy atom. The van der Waals surface area contributed by atoms with Gasteiger partial charge in [-0.15, -0.1) is 0 Å². The first-order valence-corrected chi connectivity index (χ1v) is 11.9. The average Bonchev–Trinajstić information content (AvgIpc) is 3.25. The van der Waals surface area contributed by atoms with Crippen LogP contribution in [-0.4, -0.2) is 70.3 Å². The van der Waals surface area contributed by atoms with Gasteiger partial charge in [0.2, 0.25) is 0 Å². The predicted octanol–water partition coefficient (Wildman–Crippen LogP) is 4.05. The number of ether oxygens (including phenoxy) is 1. The molecule has 2 aliphatic heterocycles. The summed E-state index contributed by atoms with van der Waals surface area (Å²) in [6, 6.07) is 9.71. The van der Waals surface area contributed by atoms with Crippen molar-refractivity contribution in [3.8, 4) is 0 Å². The SMILES string of the molecule is CN(CCN1CCOCC1)c1ccc(NC(=O)c2ccc(Br)o2)c(N2CCCCC2)c1. The van der Waals surface area contributed by atoms with E-state index in [1.54, 1.807) is 12.1 Å². The zero-order valence-electron chi connectivity index (χ0n) is 18.1. The Morgan fingerprint density at radius 2 is 1.87 bits per heavy atom. The topological polar surface area (TPSA) is 61.2 Å². The van der Waals surface area contributed by atoms with Gasteiger partial charge in [-0.2, -0.15) is 0 Å². The summed E-state index contributed by atoms with van der Waals surface area (Å²) < 4.78 is 11.4. The zero-order valence-corrected chi connectivity index (χ0v) is 19.7. The lowest BCUT2D eigenvalue weighted by Crippen LogP contribution is -2.40. The Balaban J connectivity index is 1.50. The number of hydrogen-bond donors (Lipinski definition) is 1. The second-order valence-corrected chi connectivity index (χ2v) is 8.96. The summed E-state index contributed by atoms with van der Waals surface area (Å²) in [5, 5.41) is 3.05. The lowest BCUT2D eigenvalue weighted by Gasteiger charge is -2.32. The van der Waals surface area contributed by atoms with Gasteiger partial charge in [0.1, 0.15) is 0 Å². The Morgan fingerprint density at radius 1 is 1.10 bits per heavy atom. The number of amides is 1. The maximum absolute atomic E-state index is 12.7. The van der Waals surface area contributed by atoms with Gasteiger partial charge >= 0.3 is 0 Å². The third-order valence-electron chi connectivity index (χ3n) is 6.02. The van der Waals surface area contributed by atoms with Crippen molar-refractivity contribution in [1.29, 1.82) is 0 Å². The van der Waals surface area contributed by atoms with Crippen LogP contribution >= 0.6 is 15.9 Å². The van der Waals surface area contributed by atoms with Crippen molar-refractivity contribution in [1.82, 2.24) is 4.90 Å². The lowest BCUT2D eigenvalue weighted by atomic mass is 10.1. The van der Waals surface area contributed by atoms with Gasteiger partial charge in [-0.3, -0.25) is 9.69 Å². The number of morpholine rings is 1. The lowest BCUT2D eigenvalue weighted by molar-refractivity contribution is 0.0393. The Labute approximate surface area is 192 Å². The number of likely N-dealkylation sites (N-methyl/N-ethyl adjacent to an activating group) is 1. The molecule has 2 aliphatic rings. The Bertz CT molecular complexity index is 875. The number of carbonyl (C=O) groups excluding carboxylic acids is 1. The molecule has 0 aliphatic carbocycles. The normalized spacial score (nSPS) is 17.5. The number of rotatable bonds is 7. The van der Waals surface area contributed by atoms with Gasteiger partial charge < -0.3 is 24.3 Å². The molecule has 2 aromatic rings. The van der Waals surface area contributed by atoms with E-state index in [-0.39, 0.29) is 5.91 Å². The van der Waals surface area contributed by atoms with Crippen molar-refractivity contribution in [2.24, 2.45) is 0 Å². The largest absolute Gasteiger partial charge is 0.444 e. The zero-order chi connectivity index (χ0) is 21.6. The molecule has 0 bridgehead atoms. The first-order chi connectivity index (χ1) is 15.1. The minimum absolute atomic E-state index is 0.239. The van der Waals surface area contributed by atoms with E-state index in [2.05, 4.69) is 55.1 Å². The highest BCUT2D eigenvalue weighted by atomic mass is 79.9. The highest BCUT2D eigenvalue weighted by Gasteiger charge is 2.19. The van der Waals surface area contributed by atoms with E-state index in [0.29, 0.717) is 10.4 Å². The standard InChI is InChI=1S/C23H31BrN4O3/c1-26(11-12-27-13-15-30-16-14-27)18-5-6-19(20(17-18)28-9-3-2-4-10-28)25-23(29)21-7-8-22(24)31-21/h5-8,17H,2-4,9-16H2,1H3,(H,25,29). The maximum atomic E-state index is 12.7. The third-order valence-corrected chi connectivity index (χ3v) is 6.45. The molecule has 0 unspecified atom stereocenters. The number of piperidine rings is 1. The van der Waals surface area contributed by atoms with Gasteiger partial charge in [0.05, 0.1) is 24.6 Å². The summed E-state index contributed by atoms with van der Waals surface area (Å²) >= 11 is 3.26. The van der Waals surface area contributed by atoms with Crippen LogP contribution in [0.3, 0.4) is 0 Å². The van der Waals surface area contributed by atoms with Crippen LogP contribution in [0.4, 0.5) is 17.1 Å². The van der Waals surface area contributed by atoms with Crippen LogP contribution in [0.25, 0.3) is 0 Å². The van der Waals surface area contributed by atoms with Crippen molar-refractivity contribution >= 4 is 38.9 Å². The molecule has 0 spiro atoms. The van der Waals surface area contributed by atoms with E-state index >= 15 is 0 Å². The maximum Gasteiger partial charge on any atom is 0.291 e. The van der Waals surface area contributed by atoms with Gasteiger partial charge in [0.15, 0.2) is 10.4 Å². The smallest absolute Gasteiger partial charge is 0.291 e. The van der Waals surface area contributed by atoms with Gasteiger partial charge in [-0.05, 0) is 65.5 Å². The fourth-order valence-electron chi connectivity index (χ4n) is 4.13. The molecule has 168 valence electrons. The van der Waals surface area contributed by atoms with Crippen LogP contribution in [-0.2, 0) is 4.74 Å². The van der Waals surface area contributed by atoms with E-state index in [4.69, 9.17) is 9.15 Å². The van der Waals surface area contributed by atoms with Crippen molar-refractivity contribution in [3.05, 3.63) is 40.8 Å². The summed E-state index contributed by atoms with van der Waals surface area (Å²) in [4.78, 5) is 19.8. The van der Waals surface area contributed by atoms with Gasteiger partial charge in [-0.1, -0.05) is 0 Å². The number of hydrogen-bond acceptors (Lipinski definition) is 6. The van der Waals surface area contributed by atoms with Crippen LogP contribution in [0, 0.1) is 0 Å². The van der Waals surface area contributed by atoms with Crippen molar-refractivity contribution in [2.75, 3.05) is 74.6 Å². The van der Waals surface area contributed by atoms with Crippen molar-refractivity contribution in [2.45, 2.75) is 19.3 Å². The molecule has 0 saturated carbocycles. The molecule has 1 N–H and O–H groups in total. The number of nitrogens with zero attached hydrogens (tertiary/aromatic N) is 3. The Hall–Kier alpha value is -2.03. The highest BCUT2D eigenvalue weighted by molar-refractivity contribution is 9.10. The minimum atomic E-state index is -0.239. The number of benzene rings is 1. The number of halogens is 1. The number of anilines is 3. The molecule has 1 aromatic carbocycles. The molecule has 8 heteroatoms. The molecule has 2 saturated heterocycles. The molecule has 0 atom stereocenters. The molecule has 1 aromatic heterocycles. The summed E-state index contributed by atoms with van der Waals surface area (Å²) in [6.45, 7) is 7.64. The molecule has 7 nitrogen and oxygen atoms in total. The third kappa shape index (κ3) is 5.81. The summed E-state index contributed by atoms with van der Waals surface area (Å²) in [5.74, 6) is 0.0561. The van der Waals surface area contributed by atoms with Gasteiger partial charge in [0, 0.05) is 52.0 Å². The molecule has 4 rings (SSSR count). The van der Waals surface area contributed by atoms with Crippen molar-refractivity contribution < 1.29 is 13.9 Å². The molecular weight excluding hydrogens is 460 g/mol. The molecular formula is C23H31BrN4O3. The molecule has 31 heavy (non-hydrogen) atoms. The van der Waals surface area contributed by atoms with Crippen LogP contribution < -0.4 is 15.1 Å². The van der Waals surface area contributed by atoms with E-state index in [1.165, 1.54) is 19.3 Å². The first kappa shape index (κ1) is 22.2. The molecule has 2 fully saturated rings. The molecule has 0 radical (unpaired) electrons. The van der Waals surface area contributed by atoms with Crippen molar-refractivity contribution in [3.63, 3.8) is 0 Å². The fraction of sp³-hybridized carbons (Fsp3) is 0.522. The van der Waals surface area contributed by atoms with Gasteiger partial charge in [-0.25, -0.2) is 0 Å². The predicted molar refractivity (Wildman–Crippen MR) is 127 cm³/mol. The van der Waals surface area contributed by atoms with Crippen LogP contribution in [0.15, 0.2) is 39.4 Å². The quantitative estimate of drug-likeness (QED) is 0.631. The summed E-state index contributed by atoms with van der Waals surface area (Å²) in [5.41, 5.74) is 3.06. The molecule has 3 heterocycles. The number of carbonyl (C=O) groups is 1. The Kier molecular flexibility index (Phi) is 7.53. The number of nitrogens with one attached hydrogen (secondary N) is 1. The second-order valence-electron chi connectivity index (χ2n) is 8.18. The van der Waals surface area contributed by atoms with Gasteiger partial charge in [0.25, 0.3) is 5.91 Å². The minimum Gasteiger partial charge on any atom is -0.444 e.